The standard InChI is InChI=1S/C22H18N2O4S.C5H14BNO2.C3H7NO2/c25-22(26)19(14-17-9-3-7-15-6-1-2-11-18(15)17)24-29(27,28)20-12-4-8-16-10-5-13-23-21(16)20;1-4(2)3-5(7)6(8)9;1-2(4)3(5)6/h1-13,19,24H,14H2,(H,25,26);4-5,8-9H,3,7H2,1-2H3;2H,4H2,1H3,(H,5,6)/t19-;5-;2-/m000/s1. The predicted octanol–water partition coefficient (Wildman–Crippen LogP) is 2.15. The smallest absolute Gasteiger partial charge is 0.469 e. The quantitative estimate of drug-likeness (QED) is 0.126. The van der Waals surface area contributed by atoms with Crippen molar-refractivity contribution in [3.05, 3.63) is 84.6 Å². The normalized spacial score (nSPS) is 13.2. The summed E-state index contributed by atoms with van der Waals surface area (Å²) < 4.78 is 28.3. The number of hydrogen-bond acceptors (Lipinski definition) is 9. The third-order valence-corrected chi connectivity index (χ3v) is 7.80. The van der Waals surface area contributed by atoms with Gasteiger partial charge in [-0.15, -0.1) is 0 Å². The highest BCUT2D eigenvalue weighted by Gasteiger charge is 2.27. The number of benzene rings is 3. The number of aromatic nitrogens is 1. The van der Waals surface area contributed by atoms with E-state index in [1.54, 1.807) is 24.3 Å². The average Bonchev–Trinajstić information content (AvgIpc) is 2.96. The van der Waals surface area contributed by atoms with Crippen LogP contribution in [-0.2, 0) is 26.0 Å². The van der Waals surface area contributed by atoms with Crippen molar-refractivity contribution in [1.29, 1.82) is 0 Å². The molecule has 0 unspecified atom stereocenters. The number of carbonyl (C=O) groups is 2. The Morgan fingerprint density at radius 3 is 2.00 bits per heavy atom. The van der Waals surface area contributed by atoms with Gasteiger partial charge in [0.15, 0.2) is 0 Å². The molecular weight excluding hydrogens is 587 g/mol. The molecule has 14 heteroatoms. The van der Waals surface area contributed by atoms with Gasteiger partial charge in [-0.3, -0.25) is 14.6 Å². The molecule has 44 heavy (non-hydrogen) atoms. The Morgan fingerprint density at radius 1 is 0.864 bits per heavy atom. The second kappa shape index (κ2) is 16.8. The van der Waals surface area contributed by atoms with Crippen LogP contribution in [0, 0.1) is 5.92 Å². The molecule has 1 heterocycles. The van der Waals surface area contributed by atoms with Gasteiger partial charge in [-0.1, -0.05) is 74.5 Å². The molecule has 4 rings (SSSR count). The first kappa shape index (κ1) is 36.3. The van der Waals surface area contributed by atoms with Gasteiger partial charge in [0, 0.05) is 23.9 Å². The molecule has 1 aromatic heterocycles. The van der Waals surface area contributed by atoms with Crippen molar-refractivity contribution in [2.75, 3.05) is 0 Å². The van der Waals surface area contributed by atoms with E-state index >= 15 is 0 Å². The van der Waals surface area contributed by atoms with Crippen LogP contribution < -0.4 is 16.2 Å². The fourth-order valence-corrected chi connectivity index (χ4v) is 5.45. The number of aliphatic carboxylic acids is 2. The maximum atomic E-state index is 13.0. The topological polar surface area (TPSA) is 226 Å². The maximum absolute atomic E-state index is 13.0. The van der Waals surface area contributed by atoms with Crippen LogP contribution in [0.15, 0.2) is 83.9 Å². The Bertz CT molecular complexity index is 1640. The summed E-state index contributed by atoms with van der Waals surface area (Å²) in [7, 11) is -5.47. The molecule has 0 aliphatic rings. The number of para-hydroxylation sites is 1. The lowest BCUT2D eigenvalue weighted by atomic mass is 9.76. The largest absolute Gasteiger partial charge is 0.480 e. The minimum atomic E-state index is -4.10. The number of sulfonamides is 1. The minimum Gasteiger partial charge on any atom is -0.480 e. The van der Waals surface area contributed by atoms with Gasteiger partial charge in [0.25, 0.3) is 0 Å². The Hall–Kier alpha value is -3.92. The third kappa shape index (κ3) is 11.0. The van der Waals surface area contributed by atoms with Gasteiger partial charge in [-0.25, -0.2) is 8.42 Å². The van der Waals surface area contributed by atoms with Crippen molar-refractivity contribution >= 4 is 50.8 Å². The van der Waals surface area contributed by atoms with Crippen LogP contribution in [-0.4, -0.2) is 70.7 Å². The molecule has 0 aliphatic heterocycles. The van der Waals surface area contributed by atoms with Gasteiger partial charge in [0.1, 0.15) is 17.0 Å². The Balaban J connectivity index is 0.000000374. The molecule has 12 nitrogen and oxygen atoms in total. The number of nitrogens with zero attached hydrogens (tertiary/aromatic N) is 1. The van der Waals surface area contributed by atoms with E-state index in [4.69, 9.17) is 26.6 Å². The van der Waals surface area contributed by atoms with Gasteiger partial charge in [0.05, 0.1) is 5.52 Å². The van der Waals surface area contributed by atoms with Crippen molar-refractivity contribution in [3.8, 4) is 0 Å². The summed E-state index contributed by atoms with van der Waals surface area (Å²) in [5, 5.41) is 37.1. The summed E-state index contributed by atoms with van der Waals surface area (Å²) in [6.45, 7) is 5.40. The SMILES string of the molecule is CC(C)C[C@H](N)B(O)O.C[C@H](N)C(=O)O.O=C(O)[C@H](Cc1cccc2ccccc12)NS(=O)(=O)c1cccc2cccnc12. The number of nitrogens with two attached hydrogens (primary N) is 2. The molecule has 3 aromatic carbocycles. The number of rotatable bonds is 10. The van der Waals surface area contributed by atoms with E-state index < -0.39 is 47.1 Å². The predicted molar refractivity (Wildman–Crippen MR) is 170 cm³/mol. The highest BCUT2D eigenvalue weighted by molar-refractivity contribution is 7.89. The van der Waals surface area contributed by atoms with E-state index in [9.17, 15) is 23.1 Å². The van der Waals surface area contributed by atoms with Crippen LogP contribution in [0.3, 0.4) is 0 Å². The summed E-state index contributed by atoms with van der Waals surface area (Å²) in [5.74, 6) is -2.28. The summed E-state index contributed by atoms with van der Waals surface area (Å²) in [6.07, 6.45) is 2.18. The zero-order valence-electron chi connectivity index (χ0n) is 24.7. The average molecular weight is 627 g/mol. The number of pyridine rings is 1. The molecule has 0 bridgehead atoms. The highest BCUT2D eigenvalue weighted by Crippen LogP contribution is 2.23. The van der Waals surface area contributed by atoms with E-state index in [0.717, 1.165) is 16.3 Å². The summed E-state index contributed by atoms with van der Waals surface area (Å²) in [4.78, 5) is 25.6. The summed E-state index contributed by atoms with van der Waals surface area (Å²) >= 11 is 0. The van der Waals surface area contributed by atoms with Crippen molar-refractivity contribution in [2.45, 2.75) is 56.5 Å². The number of nitrogens with one attached hydrogen (secondary N) is 1. The lowest BCUT2D eigenvalue weighted by Gasteiger charge is -2.17. The molecule has 0 saturated carbocycles. The van der Waals surface area contributed by atoms with Gasteiger partial charge in [-0.2, -0.15) is 4.72 Å². The van der Waals surface area contributed by atoms with Crippen LogP contribution in [0.4, 0.5) is 0 Å². The molecular formula is C30H39BN4O8S. The second-order valence-electron chi connectivity index (χ2n) is 10.5. The molecule has 0 amide bonds. The van der Waals surface area contributed by atoms with Gasteiger partial charge in [-0.05, 0) is 47.7 Å². The van der Waals surface area contributed by atoms with Gasteiger partial charge >= 0.3 is 19.1 Å². The molecule has 0 saturated heterocycles. The zero-order chi connectivity index (χ0) is 33.0. The van der Waals surface area contributed by atoms with Crippen molar-refractivity contribution in [1.82, 2.24) is 9.71 Å². The number of carboxylic acid groups (broad SMARTS) is 2. The van der Waals surface area contributed by atoms with E-state index in [1.807, 2.05) is 56.3 Å². The van der Waals surface area contributed by atoms with Crippen LogP contribution in [0.2, 0.25) is 0 Å². The minimum absolute atomic E-state index is 0.0219. The Morgan fingerprint density at radius 2 is 1.43 bits per heavy atom. The second-order valence-corrected chi connectivity index (χ2v) is 12.2. The van der Waals surface area contributed by atoms with E-state index in [0.29, 0.717) is 23.2 Å². The van der Waals surface area contributed by atoms with Crippen LogP contribution in [0.1, 0.15) is 32.8 Å². The Labute approximate surface area is 256 Å². The van der Waals surface area contributed by atoms with Crippen LogP contribution in [0.5, 0.6) is 0 Å². The lowest BCUT2D eigenvalue weighted by molar-refractivity contribution is -0.139. The fourth-order valence-electron chi connectivity index (χ4n) is 4.08. The number of hydrogen-bond donors (Lipinski definition) is 7. The molecule has 0 aliphatic carbocycles. The first-order valence-corrected chi connectivity index (χ1v) is 15.3. The molecule has 236 valence electrons. The first-order chi connectivity index (χ1) is 20.6. The van der Waals surface area contributed by atoms with E-state index in [-0.39, 0.29) is 11.3 Å². The van der Waals surface area contributed by atoms with Gasteiger partial charge < -0.3 is 31.7 Å². The van der Waals surface area contributed by atoms with Crippen LogP contribution in [0.25, 0.3) is 21.7 Å². The van der Waals surface area contributed by atoms with Crippen molar-refractivity contribution in [2.24, 2.45) is 17.4 Å². The highest BCUT2D eigenvalue weighted by atomic mass is 32.2. The maximum Gasteiger partial charge on any atom is 0.469 e. The number of fused-ring (bicyclic) bond motifs is 2. The molecule has 0 fully saturated rings. The molecule has 9 N–H and O–H groups in total. The first-order valence-electron chi connectivity index (χ1n) is 13.8. The van der Waals surface area contributed by atoms with E-state index in [2.05, 4.69) is 9.71 Å². The van der Waals surface area contributed by atoms with Crippen molar-refractivity contribution < 1.29 is 38.3 Å². The summed E-state index contributed by atoms with van der Waals surface area (Å²) in [5.41, 5.74) is 11.2. The molecule has 0 radical (unpaired) electrons. The third-order valence-electron chi connectivity index (χ3n) is 6.30. The molecule has 4 aromatic rings. The summed E-state index contributed by atoms with van der Waals surface area (Å²) in [6, 6.07) is 19.4. The molecule has 3 atom stereocenters. The Kier molecular flexibility index (Phi) is 13.9. The molecule has 0 spiro atoms. The number of carboxylic acids is 2. The van der Waals surface area contributed by atoms with E-state index in [1.165, 1.54) is 19.2 Å². The fraction of sp³-hybridized carbons (Fsp3) is 0.300. The van der Waals surface area contributed by atoms with Crippen molar-refractivity contribution in [3.63, 3.8) is 0 Å². The zero-order valence-corrected chi connectivity index (χ0v) is 25.6. The lowest BCUT2D eigenvalue weighted by Crippen LogP contribution is -2.42. The van der Waals surface area contributed by atoms with Gasteiger partial charge in [0.2, 0.25) is 10.0 Å². The van der Waals surface area contributed by atoms with Crippen LogP contribution >= 0.6 is 0 Å². The monoisotopic (exact) mass is 626 g/mol.